The molecule has 0 bridgehead atoms. The Hall–Kier alpha value is -3.71. The number of anilines is 1. The van der Waals surface area contributed by atoms with Gasteiger partial charge in [-0.3, -0.25) is 4.57 Å². The van der Waals surface area contributed by atoms with Crippen molar-refractivity contribution in [3.63, 3.8) is 0 Å². The van der Waals surface area contributed by atoms with E-state index in [1.54, 1.807) is 0 Å². The molecule has 10 nitrogen and oxygen atoms in total. The molecule has 0 radical (unpaired) electrons. The lowest BCUT2D eigenvalue weighted by molar-refractivity contribution is -0.389. The smallest absolute Gasteiger partial charge is 0.494 e. The Bertz CT molecular complexity index is 1280. The van der Waals surface area contributed by atoms with Crippen molar-refractivity contribution in [2.45, 2.75) is 51.1 Å². The Morgan fingerprint density at radius 2 is 1.67 bits per heavy atom. The van der Waals surface area contributed by atoms with Crippen LogP contribution in [-0.2, 0) is 6.54 Å². The largest absolute Gasteiger partial charge is 0.573 e. The van der Waals surface area contributed by atoms with Crippen molar-refractivity contribution in [1.82, 2.24) is 9.55 Å². The first-order chi connectivity index (χ1) is 20.1. The van der Waals surface area contributed by atoms with Gasteiger partial charge in [-0.2, -0.15) is 0 Å². The van der Waals surface area contributed by atoms with E-state index in [9.17, 15) is 28.4 Å². The molecule has 1 fully saturated rings. The normalized spacial score (nSPS) is 14.9. The number of aliphatic hydroxyl groups excluding tert-OH is 1. The topological polar surface area (TPSA) is 112 Å². The maximum absolute atomic E-state index is 12.3. The summed E-state index contributed by atoms with van der Waals surface area (Å²) in [5.41, 5.74) is 1.10. The molecule has 0 amide bonds. The summed E-state index contributed by atoms with van der Waals surface area (Å²) >= 11 is 5.90. The van der Waals surface area contributed by atoms with Crippen molar-refractivity contribution in [3.8, 4) is 17.2 Å². The van der Waals surface area contributed by atoms with Crippen LogP contribution in [-0.4, -0.2) is 58.4 Å². The average molecular weight is 613 g/mol. The molecule has 2 aromatic carbocycles. The highest BCUT2D eigenvalue weighted by atomic mass is 35.5. The van der Waals surface area contributed by atoms with Gasteiger partial charge in [-0.15, -0.1) is 13.2 Å². The van der Waals surface area contributed by atoms with Crippen molar-refractivity contribution in [1.29, 1.82) is 0 Å². The first kappa shape index (κ1) is 31.2. The molecule has 1 unspecified atom stereocenters. The summed E-state index contributed by atoms with van der Waals surface area (Å²) in [6.45, 7) is 2.70. The van der Waals surface area contributed by atoms with Gasteiger partial charge in [0, 0.05) is 25.3 Å². The second-order valence-corrected chi connectivity index (χ2v) is 10.3. The molecule has 1 atom stereocenters. The Kier molecular flexibility index (Phi) is 10.7. The van der Waals surface area contributed by atoms with Gasteiger partial charge in [0.1, 0.15) is 30.1 Å². The minimum absolute atomic E-state index is 0.00544. The number of halogens is 4. The molecular weight excluding hydrogens is 581 g/mol. The van der Waals surface area contributed by atoms with E-state index in [0.717, 1.165) is 44.5 Å². The number of nitrogens with zero attached hydrogens (tertiary/aromatic N) is 4. The summed E-state index contributed by atoms with van der Waals surface area (Å²) in [7, 11) is 0. The highest BCUT2D eigenvalue weighted by Gasteiger charge is 2.31. The number of aliphatic hydroxyl groups is 1. The molecule has 2 heterocycles. The van der Waals surface area contributed by atoms with Crippen LogP contribution >= 0.6 is 11.6 Å². The van der Waals surface area contributed by atoms with Gasteiger partial charge in [0.05, 0.1) is 12.7 Å². The van der Waals surface area contributed by atoms with Crippen molar-refractivity contribution in [2.24, 2.45) is 5.92 Å². The molecule has 1 N–H and O–H groups in total. The number of ether oxygens (including phenoxy) is 3. The van der Waals surface area contributed by atoms with E-state index >= 15 is 0 Å². The van der Waals surface area contributed by atoms with Gasteiger partial charge in [-0.05, 0) is 108 Å². The van der Waals surface area contributed by atoms with Gasteiger partial charge in [0.15, 0.2) is 0 Å². The average Bonchev–Trinajstić information content (AvgIpc) is 3.34. The number of alkyl halides is 3. The highest BCUT2D eigenvalue weighted by molar-refractivity contribution is 6.28. The second kappa shape index (κ2) is 14.5. The van der Waals surface area contributed by atoms with E-state index in [2.05, 4.69) is 14.6 Å². The number of hydrogen-bond donors (Lipinski definition) is 1. The fourth-order valence-electron chi connectivity index (χ4n) is 4.72. The molecule has 0 saturated carbocycles. The molecule has 4 rings (SSSR count). The van der Waals surface area contributed by atoms with Crippen molar-refractivity contribution >= 4 is 23.1 Å². The van der Waals surface area contributed by atoms with Crippen LogP contribution in [0.2, 0.25) is 5.28 Å². The van der Waals surface area contributed by atoms with E-state index in [1.165, 1.54) is 35.0 Å². The van der Waals surface area contributed by atoms with E-state index in [-0.39, 0.29) is 30.0 Å². The van der Waals surface area contributed by atoms with E-state index < -0.39 is 17.4 Å². The molecule has 0 spiro atoms. The molecule has 14 heteroatoms. The highest BCUT2D eigenvalue weighted by Crippen LogP contribution is 2.28. The quantitative estimate of drug-likeness (QED) is 0.129. The Morgan fingerprint density at radius 1 is 1.05 bits per heavy atom. The summed E-state index contributed by atoms with van der Waals surface area (Å²) in [6.07, 6.45) is 0.0110. The fraction of sp³-hybridized carbons (Fsp3) is 0.464. The van der Waals surface area contributed by atoms with E-state index in [4.69, 9.17) is 21.1 Å². The van der Waals surface area contributed by atoms with Crippen LogP contribution in [0.4, 0.5) is 24.7 Å². The Morgan fingerprint density at radius 3 is 2.29 bits per heavy atom. The van der Waals surface area contributed by atoms with Gasteiger partial charge < -0.3 is 34.3 Å². The number of nitro groups is 1. The molecule has 1 aromatic heterocycles. The van der Waals surface area contributed by atoms with Crippen LogP contribution in [0.3, 0.4) is 0 Å². The molecule has 1 saturated heterocycles. The van der Waals surface area contributed by atoms with Gasteiger partial charge >= 0.3 is 17.5 Å². The Balaban J connectivity index is 1.10. The summed E-state index contributed by atoms with van der Waals surface area (Å²) < 4.78 is 53.4. The monoisotopic (exact) mass is 612 g/mol. The number of benzene rings is 2. The van der Waals surface area contributed by atoms with Crippen LogP contribution < -0.4 is 19.1 Å². The maximum atomic E-state index is 12.3. The zero-order valence-electron chi connectivity index (χ0n) is 22.7. The molecule has 228 valence electrons. The lowest BCUT2D eigenvalue weighted by Gasteiger charge is -2.33. The van der Waals surface area contributed by atoms with Gasteiger partial charge in [-0.1, -0.05) is 0 Å². The number of rotatable bonds is 14. The minimum Gasteiger partial charge on any atom is -0.494 e. The molecule has 1 aliphatic heterocycles. The third kappa shape index (κ3) is 9.69. The van der Waals surface area contributed by atoms with Crippen molar-refractivity contribution < 1.29 is 37.4 Å². The number of piperidine rings is 1. The zero-order chi connectivity index (χ0) is 30.1. The SMILES string of the molecule is O=[N+]([O-])c1cn(CCC(O)COc2ccc(N3CCC(CCCOc4ccc(OC(F)(F)F)cc4)CC3)cc2)c(Cl)n1. The summed E-state index contributed by atoms with van der Waals surface area (Å²) in [5.74, 6) is 1.11. The number of aromatic nitrogens is 2. The Labute approximate surface area is 245 Å². The number of aryl methyl sites for hydroxylation is 1. The van der Waals surface area contributed by atoms with Gasteiger partial charge in [0.2, 0.25) is 0 Å². The second-order valence-electron chi connectivity index (χ2n) is 10.0. The molecule has 3 aromatic rings. The maximum Gasteiger partial charge on any atom is 0.573 e. The lowest BCUT2D eigenvalue weighted by Crippen LogP contribution is -2.33. The molecular formula is C28H32ClF3N4O6. The van der Waals surface area contributed by atoms with Gasteiger partial charge in [-0.25, -0.2) is 0 Å². The van der Waals surface area contributed by atoms with Crippen LogP contribution in [0, 0.1) is 16.0 Å². The predicted molar refractivity (Wildman–Crippen MR) is 149 cm³/mol. The number of imidazole rings is 1. The third-order valence-corrected chi connectivity index (χ3v) is 7.25. The van der Waals surface area contributed by atoms with Crippen LogP contribution in [0.25, 0.3) is 0 Å². The molecule has 0 aliphatic carbocycles. The summed E-state index contributed by atoms with van der Waals surface area (Å²) in [5, 5.41) is 21.0. The molecule has 42 heavy (non-hydrogen) atoms. The third-order valence-electron chi connectivity index (χ3n) is 6.95. The van der Waals surface area contributed by atoms with Crippen LogP contribution in [0.1, 0.15) is 32.1 Å². The predicted octanol–water partition coefficient (Wildman–Crippen LogP) is 6.25. The number of hydrogen-bond acceptors (Lipinski definition) is 8. The fourth-order valence-corrected chi connectivity index (χ4v) is 4.94. The van der Waals surface area contributed by atoms with Crippen molar-refractivity contribution in [2.75, 3.05) is 31.2 Å². The lowest BCUT2D eigenvalue weighted by atomic mass is 9.92. The van der Waals surface area contributed by atoms with Crippen molar-refractivity contribution in [3.05, 3.63) is 70.1 Å². The zero-order valence-corrected chi connectivity index (χ0v) is 23.5. The summed E-state index contributed by atoms with van der Waals surface area (Å²) in [4.78, 5) is 16.1. The minimum atomic E-state index is -4.71. The van der Waals surface area contributed by atoms with E-state index in [1.807, 2.05) is 24.3 Å². The summed E-state index contributed by atoms with van der Waals surface area (Å²) in [6, 6.07) is 13.1. The van der Waals surface area contributed by atoms with Crippen LogP contribution in [0.5, 0.6) is 17.2 Å². The molecule has 1 aliphatic rings. The standard InChI is InChI=1S/C28H32ClF3N4O6/c29-27-33-26(36(38)39)18-35(27)16-13-22(37)19-41-24-5-3-21(4-6-24)34-14-11-20(12-15-34)2-1-17-40-23-7-9-25(10-8-23)42-28(30,31)32/h3-10,18,20,22,37H,1-2,11-17,19H2. The van der Waals surface area contributed by atoms with Gasteiger partial charge in [0.25, 0.3) is 0 Å². The van der Waals surface area contributed by atoms with E-state index in [0.29, 0.717) is 30.4 Å². The van der Waals surface area contributed by atoms with Crippen LogP contribution in [0.15, 0.2) is 54.7 Å². The first-order valence-corrected chi connectivity index (χ1v) is 13.9. The first-order valence-electron chi connectivity index (χ1n) is 13.6.